The summed E-state index contributed by atoms with van der Waals surface area (Å²) in [4.78, 5) is 14.1. The minimum Gasteiger partial charge on any atom is -0.447 e. The number of amides is 1. The largest absolute Gasteiger partial charge is 0.447 e. The van der Waals surface area contributed by atoms with Crippen molar-refractivity contribution in [2.45, 2.75) is 51.4 Å². The van der Waals surface area contributed by atoms with Crippen LogP contribution in [-0.4, -0.2) is 19.2 Å². The van der Waals surface area contributed by atoms with Crippen molar-refractivity contribution in [3.63, 3.8) is 0 Å². The third-order valence-electron chi connectivity index (χ3n) is 5.77. The molecule has 3 fully saturated rings. The lowest BCUT2D eigenvalue weighted by Crippen LogP contribution is -2.27. The van der Waals surface area contributed by atoms with Gasteiger partial charge in [0.25, 0.3) is 0 Å². The fraction of sp³-hybridized carbons (Fsp3) is 0.632. The molecule has 1 aliphatic heterocycles. The van der Waals surface area contributed by atoms with Crippen LogP contribution in [0.5, 0.6) is 0 Å². The van der Waals surface area contributed by atoms with E-state index in [1.54, 1.807) is 0 Å². The van der Waals surface area contributed by atoms with Gasteiger partial charge in [-0.2, -0.15) is 0 Å². The monoisotopic (exact) mass is 299 g/mol. The predicted molar refractivity (Wildman–Crippen MR) is 87.4 cm³/mol. The van der Waals surface area contributed by atoms with Crippen LogP contribution in [0.1, 0.15) is 62.5 Å². The molecule has 0 spiro atoms. The zero-order valence-corrected chi connectivity index (χ0v) is 13.5. The van der Waals surface area contributed by atoms with Crippen molar-refractivity contribution >= 4 is 11.8 Å². The van der Waals surface area contributed by atoms with Gasteiger partial charge in [-0.15, -0.1) is 0 Å². The van der Waals surface area contributed by atoms with Gasteiger partial charge in [0.1, 0.15) is 6.61 Å². The summed E-state index contributed by atoms with van der Waals surface area (Å²) in [6, 6.07) is 6.65. The number of cyclic esters (lactones) is 1. The van der Waals surface area contributed by atoms with Gasteiger partial charge >= 0.3 is 6.09 Å². The van der Waals surface area contributed by atoms with Crippen molar-refractivity contribution in [2.24, 2.45) is 11.8 Å². The molecule has 0 N–H and O–H groups in total. The number of rotatable bonds is 5. The van der Waals surface area contributed by atoms with Crippen molar-refractivity contribution in [2.75, 3.05) is 18.1 Å². The molecule has 0 radical (unpaired) electrons. The Morgan fingerprint density at radius 1 is 1.05 bits per heavy atom. The maximum absolute atomic E-state index is 12.2. The molecule has 1 aromatic rings. The van der Waals surface area contributed by atoms with E-state index in [4.69, 9.17) is 4.74 Å². The molecule has 1 aromatic carbocycles. The Labute approximate surface area is 132 Å². The van der Waals surface area contributed by atoms with Crippen LogP contribution in [0, 0.1) is 11.8 Å². The Hall–Kier alpha value is -1.51. The zero-order valence-electron chi connectivity index (χ0n) is 13.5. The Morgan fingerprint density at radius 3 is 2.00 bits per heavy atom. The summed E-state index contributed by atoms with van der Waals surface area (Å²) in [5, 5.41) is 0. The maximum atomic E-state index is 12.2. The fourth-order valence-electron chi connectivity index (χ4n) is 3.92. The van der Waals surface area contributed by atoms with Crippen LogP contribution in [0.15, 0.2) is 18.2 Å². The van der Waals surface area contributed by atoms with E-state index in [1.807, 2.05) is 4.90 Å². The van der Waals surface area contributed by atoms with Crippen LogP contribution in [0.3, 0.4) is 0 Å². The summed E-state index contributed by atoms with van der Waals surface area (Å²) in [5.74, 6) is 2.66. The Bertz CT molecular complexity index is 553. The van der Waals surface area contributed by atoms with E-state index >= 15 is 0 Å². The number of anilines is 1. The molecule has 3 nitrogen and oxygen atoms in total. The molecular formula is C19H25NO2. The van der Waals surface area contributed by atoms with Crippen LogP contribution in [0.2, 0.25) is 0 Å². The second-order valence-corrected chi connectivity index (χ2v) is 7.30. The molecule has 4 rings (SSSR count). The van der Waals surface area contributed by atoms with Gasteiger partial charge in [-0.1, -0.05) is 32.0 Å². The van der Waals surface area contributed by atoms with Crippen LogP contribution >= 0.6 is 0 Å². The van der Waals surface area contributed by atoms with Crippen LogP contribution in [0.25, 0.3) is 0 Å². The highest BCUT2D eigenvalue weighted by Gasteiger charge is 2.37. The average molecular weight is 299 g/mol. The van der Waals surface area contributed by atoms with Crippen molar-refractivity contribution in [1.82, 2.24) is 0 Å². The minimum absolute atomic E-state index is 0.167. The highest BCUT2D eigenvalue weighted by atomic mass is 16.6. The maximum Gasteiger partial charge on any atom is 0.414 e. The second-order valence-electron chi connectivity index (χ2n) is 7.30. The predicted octanol–water partition coefficient (Wildman–Crippen LogP) is 4.67. The second kappa shape index (κ2) is 5.29. The van der Waals surface area contributed by atoms with Crippen LogP contribution in [-0.2, 0) is 4.74 Å². The van der Waals surface area contributed by atoms with Gasteiger partial charge in [-0.25, -0.2) is 4.79 Å². The molecule has 0 bridgehead atoms. The van der Waals surface area contributed by atoms with Gasteiger partial charge < -0.3 is 4.74 Å². The lowest BCUT2D eigenvalue weighted by atomic mass is 9.86. The van der Waals surface area contributed by atoms with Crippen LogP contribution in [0.4, 0.5) is 10.5 Å². The molecule has 2 saturated carbocycles. The molecule has 2 aliphatic carbocycles. The summed E-state index contributed by atoms with van der Waals surface area (Å²) in [7, 11) is 0. The number of nitrogens with zero attached hydrogens (tertiary/aromatic N) is 1. The normalized spacial score (nSPS) is 24.3. The highest BCUT2D eigenvalue weighted by Crippen LogP contribution is 2.50. The topological polar surface area (TPSA) is 29.5 Å². The third-order valence-corrected chi connectivity index (χ3v) is 5.77. The molecular weight excluding hydrogens is 274 g/mol. The summed E-state index contributed by atoms with van der Waals surface area (Å²) in [6.45, 7) is 5.85. The van der Waals surface area contributed by atoms with E-state index in [0.29, 0.717) is 25.0 Å². The van der Waals surface area contributed by atoms with E-state index in [1.165, 1.54) is 42.5 Å². The van der Waals surface area contributed by atoms with Crippen molar-refractivity contribution in [3.05, 3.63) is 29.3 Å². The van der Waals surface area contributed by atoms with Crippen molar-refractivity contribution < 1.29 is 9.53 Å². The molecule has 1 saturated heterocycles. The Morgan fingerprint density at radius 2 is 1.59 bits per heavy atom. The van der Waals surface area contributed by atoms with Gasteiger partial charge in [0, 0.05) is 0 Å². The van der Waals surface area contributed by atoms with E-state index in [0.717, 1.165) is 11.8 Å². The minimum atomic E-state index is -0.167. The molecule has 1 amide bonds. The molecule has 1 heterocycles. The first-order chi connectivity index (χ1) is 10.7. The fourth-order valence-corrected chi connectivity index (χ4v) is 3.92. The smallest absolute Gasteiger partial charge is 0.414 e. The van der Waals surface area contributed by atoms with E-state index in [2.05, 4.69) is 32.0 Å². The lowest BCUT2D eigenvalue weighted by molar-refractivity contribution is 0.181. The summed E-state index contributed by atoms with van der Waals surface area (Å²) in [5.41, 5.74) is 3.88. The lowest BCUT2D eigenvalue weighted by Gasteiger charge is -2.27. The number of hydrogen-bond acceptors (Lipinski definition) is 2. The van der Waals surface area contributed by atoms with Crippen LogP contribution < -0.4 is 4.90 Å². The van der Waals surface area contributed by atoms with E-state index < -0.39 is 0 Å². The standard InChI is InChI=1S/C19H25NO2/c1-12(14-6-7-14)16-4-3-5-17(13(2)15-8-9-15)18(16)20-10-11-22-19(20)21/h3-5,12-15H,6-11H2,1-2H3/t12-,13-/m1/s1. The summed E-state index contributed by atoms with van der Waals surface area (Å²) in [6.07, 6.45) is 5.14. The molecule has 0 unspecified atom stereocenters. The molecule has 2 atom stereocenters. The number of carbonyl (C=O) groups excluding carboxylic acids is 1. The zero-order chi connectivity index (χ0) is 15.3. The first-order valence-corrected chi connectivity index (χ1v) is 8.74. The highest BCUT2D eigenvalue weighted by molar-refractivity contribution is 5.91. The van der Waals surface area contributed by atoms with E-state index in [-0.39, 0.29) is 6.09 Å². The van der Waals surface area contributed by atoms with Gasteiger partial charge in [0.05, 0.1) is 12.2 Å². The number of ether oxygens (including phenoxy) is 1. The number of benzene rings is 1. The SMILES string of the molecule is C[C@@H](c1cccc([C@H](C)C2CC2)c1N1CCOC1=O)C1CC1. The molecule has 118 valence electrons. The van der Waals surface area contributed by atoms with Crippen molar-refractivity contribution in [3.8, 4) is 0 Å². The first-order valence-electron chi connectivity index (χ1n) is 8.74. The molecule has 3 heteroatoms. The van der Waals surface area contributed by atoms with Gasteiger partial charge in [-0.3, -0.25) is 4.90 Å². The molecule has 3 aliphatic rings. The third kappa shape index (κ3) is 2.41. The molecule has 22 heavy (non-hydrogen) atoms. The van der Waals surface area contributed by atoms with Gasteiger partial charge in [0.15, 0.2) is 0 Å². The Balaban J connectivity index is 1.79. The number of hydrogen-bond donors (Lipinski definition) is 0. The van der Waals surface area contributed by atoms with E-state index in [9.17, 15) is 4.79 Å². The number of para-hydroxylation sites is 1. The first kappa shape index (κ1) is 14.1. The van der Waals surface area contributed by atoms with Gasteiger partial charge in [0.2, 0.25) is 0 Å². The number of carbonyl (C=O) groups is 1. The Kier molecular flexibility index (Phi) is 3.39. The van der Waals surface area contributed by atoms with Crippen molar-refractivity contribution in [1.29, 1.82) is 0 Å². The van der Waals surface area contributed by atoms with Gasteiger partial charge in [-0.05, 0) is 60.5 Å². The quantitative estimate of drug-likeness (QED) is 0.790. The summed E-state index contributed by atoms with van der Waals surface area (Å²) < 4.78 is 5.23. The molecule has 0 aromatic heterocycles. The summed E-state index contributed by atoms with van der Waals surface area (Å²) >= 11 is 0. The average Bonchev–Trinajstić information content (AvgIpc) is 3.43.